The lowest BCUT2D eigenvalue weighted by molar-refractivity contribution is -0.116. The van der Waals surface area contributed by atoms with Crippen LogP contribution in [0.3, 0.4) is 0 Å². The molecule has 0 spiro atoms. The van der Waals surface area contributed by atoms with Gasteiger partial charge in [-0.3, -0.25) is 9.59 Å². The second-order valence-corrected chi connectivity index (χ2v) is 6.29. The molecule has 2 amide bonds. The van der Waals surface area contributed by atoms with Crippen LogP contribution in [-0.2, 0) is 11.3 Å². The van der Waals surface area contributed by atoms with Crippen LogP contribution < -0.4 is 15.4 Å². The number of likely N-dealkylation sites (N-methyl/N-ethyl adjacent to an activating group) is 1. The molecule has 0 fully saturated rings. The van der Waals surface area contributed by atoms with Crippen LogP contribution in [0.15, 0.2) is 61.2 Å². The van der Waals surface area contributed by atoms with Gasteiger partial charge in [0.2, 0.25) is 5.91 Å². The van der Waals surface area contributed by atoms with Crippen LogP contribution in [0.25, 0.3) is 0 Å². The average Bonchev–Trinajstić information content (AvgIpc) is 2.64. The van der Waals surface area contributed by atoms with Crippen molar-refractivity contribution in [2.24, 2.45) is 0 Å². The number of carbonyl (C=O) groups is 2. The van der Waals surface area contributed by atoms with Gasteiger partial charge in [-0.25, -0.2) is 0 Å². The van der Waals surface area contributed by atoms with E-state index in [4.69, 9.17) is 4.74 Å². The molecule has 142 valence electrons. The van der Waals surface area contributed by atoms with E-state index in [1.807, 2.05) is 38.4 Å². The number of anilines is 1. The smallest absolute Gasteiger partial charge is 0.251 e. The number of rotatable bonds is 9. The van der Waals surface area contributed by atoms with Crippen molar-refractivity contribution in [3.8, 4) is 5.75 Å². The van der Waals surface area contributed by atoms with Crippen molar-refractivity contribution in [2.45, 2.75) is 6.54 Å². The van der Waals surface area contributed by atoms with E-state index in [2.05, 4.69) is 17.2 Å². The SMILES string of the molecule is C=CCOc1ccc(C(=O)NCc2cccc(NC(=O)CN(C)C)c2)cc1. The fraction of sp³-hybridized carbons (Fsp3) is 0.238. The Labute approximate surface area is 159 Å². The Morgan fingerprint density at radius 1 is 1.15 bits per heavy atom. The first-order valence-electron chi connectivity index (χ1n) is 8.63. The molecule has 0 heterocycles. The maximum atomic E-state index is 12.3. The van der Waals surface area contributed by atoms with Crippen LogP contribution in [0.1, 0.15) is 15.9 Å². The molecule has 0 aliphatic carbocycles. The molecule has 2 rings (SSSR count). The highest BCUT2D eigenvalue weighted by Crippen LogP contribution is 2.13. The minimum absolute atomic E-state index is 0.0834. The summed E-state index contributed by atoms with van der Waals surface area (Å²) in [5.41, 5.74) is 2.16. The summed E-state index contributed by atoms with van der Waals surface area (Å²) in [5, 5.41) is 5.72. The van der Waals surface area contributed by atoms with Gasteiger partial charge in [0.25, 0.3) is 5.91 Å². The van der Waals surface area contributed by atoms with Gasteiger partial charge >= 0.3 is 0 Å². The van der Waals surface area contributed by atoms with Gasteiger partial charge in [-0.1, -0.05) is 24.8 Å². The van der Waals surface area contributed by atoms with Gasteiger partial charge in [-0.15, -0.1) is 0 Å². The fourth-order valence-electron chi connectivity index (χ4n) is 2.39. The number of nitrogens with one attached hydrogen (secondary N) is 2. The van der Waals surface area contributed by atoms with E-state index in [9.17, 15) is 9.59 Å². The van der Waals surface area contributed by atoms with Gasteiger partial charge < -0.3 is 20.3 Å². The van der Waals surface area contributed by atoms with Crippen LogP contribution in [-0.4, -0.2) is 44.0 Å². The van der Waals surface area contributed by atoms with Crippen molar-refractivity contribution in [2.75, 3.05) is 32.6 Å². The lowest BCUT2D eigenvalue weighted by Crippen LogP contribution is -2.27. The number of hydrogen-bond donors (Lipinski definition) is 2. The van der Waals surface area contributed by atoms with Gasteiger partial charge in [-0.2, -0.15) is 0 Å². The molecule has 0 aromatic heterocycles. The number of benzene rings is 2. The van der Waals surface area contributed by atoms with E-state index < -0.39 is 0 Å². The highest BCUT2D eigenvalue weighted by molar-refractivity contribution is 5.94. The van der Waals surface area contributed by atoms with Crippen molar-refractivity contribution >= 4 is 17.5 Å². The Hall–Kier alpha value is -3.12. The number of nitrogens with zero attached hydrogens (tertiary/aromatic N) is 1. The van der Waals surface area contributed by atoms with Gasteiger partial charge in [0.05, 0.1) is 6.54 Å². The highest BCUT2D eigenvalue weighted by Gasteiger charge is 2.07. The van der Waals surface area contributed by atoms with Crippen LogP contribution in [0.4, 0.5) is 5.69 Å². The van der Waals surface area contributed by atoms with Crippen LogP contribution in [0, 0.1) is 0 Å². The van der Waals surface area contributed by atoms with Crippen LogP contribution in [0.5, 0.6) is 5.75 Å². The van der Waals surface area contributed by atoms with E-state index in [0.29, 0.717) is 36.7 Å². The standard InChI is InChI=1S/C21H25N3O3/c1-4-12-27-19-10-8-17(9-11-19)21(26)22-14-16-6-5-7-18(13-16)23-20(25)15-24(2)3/h4-11,13H,1,12,14-15H2,2-3H3,(H,22,26)(H,23,25). The minimum atomic E-state index is -0.174. The number of carbonyl (C=O) groups excluding carboxylic acids is 2. The Morgan fingerprint density at radius 3 is 2.56 bits per heavy atom. The molecule has 0 bridgehead atoms. The molecular formula is C21H25N3O3. The zero-order valence-corrected chi connectivity index (χ0v) is 15.7. The third-order valence-corrected chi connectivity index (χ3v) is 3.61. The van der Waals surface area contributed by atoms with Crippen molar-refractivity contribution in [1.29, 1.82) is 0 Å². The molecule has 2 N–H and O–H groups in total. The van der Waals surface area contributed by atoms with Gasteiger partial charge in [0, 0.05) is 17.8 Å². The first-order valence-corrected chi connectivity index (χ1v) is 8.63. The second-order valence-electron chi connectivity index (χ2n) is 6.29. The number of amides is 2. The largest absolute Gasteiger partial charge is 0.490 e. The molecule has 0 saturated carbocycles. The Balaban J connectivity index is 1.90. The molecule has 0 radical (unpaired) electrons. The molecule has 27 heavy (non-hydrogen) atoms. The summed E-state index contributed by atoms with van der Waals surface area (Å²) >= 11 is 0. The van der Waals surface area contributed by atoms with E-state index in [1.165, 1.54) is 0 Å². The second kappa shape index (κ2) is 10.1. The molecule has 0 aliphatic heterocycles. The van der Waals surface area contributed by atoms with E-state index >= 15 is 0 Å². The zero-order chi connectivity index (χ0) is 19.6. The Bertz CT molecular complexity index is 786. The van der Waals surface area contributed by atoms with Gasteiger partial charge in [-0.05, 0) is 56.1 Å². The maximum Gasteiger partial charge on any atom is 0.251 e. The molecule has 0 atom stereocenters. The third kappa shape index (κ3) is 6.95. The molecule has 2 aromatic rings. The summed E-state index contributed by atoms with van der Waals surface area (Å²) < 4.78 is 5.40. The summed E-state index contributed by atoms with van der Waals surface area (Å²) in [7, 11) is 3.67. The third-order valence-electron chi connectivity index (χ3n) is 3.61. The fourth-order valence-corrected chi connectivity index (χ4v) is 2.39. The van der Waals surface area contributed by atoms with E-state index in [1.54, 1.807) is 35.2 Å². The van der Waals surface area contributed by atoms with Crippen LogP contribution in [0.2, 0.25) is 0 Å². The predicted octanol–water partition coefficient (Wildman–Crippen LogP) is 2.68. The van der Waals surface area contributed by atoms with Crippen molar-refractivity contribution < 1.29 is 14.3 Å². The summed E-state index contributed by atoms with van der Waals surface area (Å²) in [6, 6.07) is 14.3. The Kier molecular flexibility index (Phi) is 7.58. The lowest BCUT2D eigenvalue weighted by atomic mass is 10.1. The highest BCUT2D eigenvalue weighted by atomic mass is 16.5. The predicted molar refractivity (Wildman–Crippen MR) is 107 cm³/mol. The molecular weight excluding hydrogens is 342 g/mol. The first kappa shape index (κ1) is 20.2. The van der Waals surface area contributed by atoms with E-state index in [0.717, 1.165) is 5.56 Å². The summed E-state index contributed by atoms with van der Waals surface area (Å²) in [6.07, 6.45) is 1.66. The number of hydrogen-bond acceptors (Lipinski definition) is 4. The summed E-state index contributed by atoms with van der Waals surface area (Å²) in [6.45, 7) is 4.70. The topological polar surface area (TPSA) is 70.7 Å². The minimum Gasteiger partial charge on any atom is -0.490 e. The molecule has 0 saturated heterocycles. The van der Waals surface area contributed by atoms with E-state index in [-0.39, 0.29) is 11.8 Å². The average molecular weight is 367 g/mol. The summed E-state index contributed by atoms with van der Waals surface area (Å²) in [4.78, 5) is 25.9. The number of ether oxygens (including phenoxy) is 1. The molecule has 0 unspecified atom stereocenters. The summed E-state index contributed by atoms with van der Waals surface area (Å²) in [5.74, 6) is 0.430. The molecule has 6 nitrogen and oxygen atoms in total. The van der Waals surface area contributed by atoms with Crippen LogP contribution >= 0.6 is 0 Å². The zero-order valence-electron chi connectivity index (χ0n) is 15.7. The maximum absolute atomic E-state index is 12.3. The van der Waals surface area contributed by atoms with Crippen molar-refractivity contribution in [1.82, 2.24) is 10.2 Å². The quantitative estimate of drug-likeness (QED) is 0.669. The first-order chi connectivity index (χ1) is 13.0. The van der Waals surface area contributed by atoms with Crippen molar-refractivity contribution in [3.63, 3.8) is 0 Å². The van der Waals surface area contributed by atoms with Gasteiger partial charge in [0.1, 0.15) is 12.4 Å². The molecule has 0 aliphatic rings. The normalized spacial score (nSPS) is 10.3. The lowest BCUT2D eigenvalue weighted by Gasteiger charge is -2.11. The molecule has 2 aromatic carbocycles. The molecule has 6 heteroatoms. The van der Waals surface area contributed by atoms with Crippen molar-refractivity contribution in [3.05, 3.63) is 72.3 Å². The van der Waals surface area contributed by atoms with Gasteiger partial charge in [0.15, 0.2) is 0 Å². The monoisotopic (exact) mass is 367 g/mol. The Morgan fingerprint density at radius 2 is 1.89 bits per heavy atom.